The Kier molecular flexibility index (Phi) is 6.69. The standard InChI is InChI=1S/C25H31N3O2/c1-19-18-29-13-11-28(19)10-3-12-30-23-8-9-24-22(14-23)16-27(2)17-25(24)21-6-4-20(15-26)5-7-21/h4-9,14,19,25H,3,10-13,16-18H2,1-2H3/t19-,25?/m0/s1. The summed E-state index contributed by atoms with van der Waals surface area (Å²) < 4.78 is 11.6. The van der Waals surface area contributed by atoms with Gasteiger partial charge in [-0.1, -0.05) is 18.2 Å². The summed E-state index contributed by atoms with van der Waals surface area (Å²) in [6.07, 6.45) is 1.02. The van der Waals surface area contributed by atoms with Crippen molar-refractivity contribution in [3.8, 4) is 11.8 Å². The van der Waals surface area contributed by atoms with Crippen LogP contribution in [0.4, 0.5) is 0 Å². The van der Waals surface area contributed by atoms with Gasteiger partial charge in [0.25, 0.3) is 0 Å². The van der Waals surface area contributed by atoms with Gasteiger partial charge < -0.3 is 14.4 Å². The summed E-state index contributed by atoms with van der Waals surface area (Å²) in [4.78, 5) is 4.84. The summed E-state index contributed by atoms with van der Waals surface area (Å²) in [5, 5.41) is 9.06. The number of hydrogen-bond acceptors (Lipinski definition) is 5. The van der Waals surface area contributed by atoms with Crippen LogP contribution in [0.2, 0.25) is 0 Å². The maximum absolute atomic E-state index is 9.06. The Balaban J connectivity index is 1.39. The summed E-state index contributed by atoms with van der Waals surface area (Å²) in [5.41, 5.74) is 4.66. The van der Waals surface area contributed by atoms with Gasteiger partial charge in [-0.25, -0.2) is 0 Å². The monoisotopic (exact) mass is 405 g/mol. The first-order valence-corrected chi connectivity index (χ1v) is 10.9. The lowest BCUT2D eigenvalue weighted by Gasteiger charge is -2.33. The minimum atomic E-state index is 0.323. The van der Waals surface area contributed by atoms with E-state index in [0.717, 1.165) is 58.2 Å². The Morgan fingerprint density at radius 3 is 2.80 bits per heavy atom. The Morgan fingerprint density at radius 1 is 1.20 bits per heavy atom. The molecular weight excluding hydrogens is 374 g/mol. The molecule has 158 valence electrons. The molecule has 2 atom stereocenters. The molecule has 0 aromatic heterocycles. The molecule has 4 rings (SSSR count). The third-order valence-electron chi connectivity index (χ3n) is 6.23. The highest BCUT2D eigenvalue weighted by molar-refractivity contribution is 5.45. The minimum Gasteiger partial charge on any atom is -0.494 e. The normalized spacial score (nSPS) is 22.3. The van der Waals surface area contributed by atoms with Gasteiger partial charge >= 0.3 is 0 Å². The molecule has 2 heterocycles. The maximum atomic E-state index is 9.06. The lowest BCUT2D eigenvalue weighted by atomic mass is 9.84. The van der Waals surface area contributed by atoms with Crippen LogP contribution in [-0.2, 0) is 11.3 Å². The van der Waals surface area contributed by atoms with Gasteiger partial charge in [-0.15, -0.1) is 0 Å². The molecule has 5 heteroatoms. The van der Waals surface area contributed by atoms with Crippen LogP contribution in [0.25, 0.3) is 0 Å². The number of ether oxygens (including phenoxy) is 2. The largest absolute Gasteiger partial charge is 0.494 e. The smallest absolute Gasteiger partial charge is 0.119 e. The van der Waals surface area contributed by atoms with E-state index in [-0.39, 0.29) is 0 Å². The Bertz CT molecular complexity index is 890. The van der Waals surface area contributed by atoms with E-state index in [0.29, 0.717) is 17.5 Å². The van der Waals surface area contributed by atoms with Crippen molar-refractivity contribution < 1.29 is 9.47 Å². The van der Waals surface area contributed by atoms with E-state index in [1.165, 1.54) is 16.7 Å². The van der Waals surface area contributed by atoms with E-state index in [1.807, 2.05) is 12.1 Å². The molecule has 1 unspecified atom stereocenters. The van der Waals surface area contributed by atoms with Gasteiger partial charge in [-0.3, -0.25) is 4.90 Å². The van der Waals surface area contributed by atoms with E-state index in [9.17, 15) is 0 Å². The molecule has 0 N–H and O–H groups in total. The molecule has 2 aliphatic rings. The average Bonchev–Trinajstić information content (AvgIpc) is 2.77. The zero-order valence-corrected chi connectivity index (χ0v) is 18.0. The predicted molar refractivity (Wildman–Crippen MR) is 118 cm³/mol. The van der Waals surface area contributed by atoms with E-state index >= 15 is 0 Å². The van der Waals surface area contributed by atoms with Crippen LogP contribution in [0, 0.1) is 11.3 Å². The van der Waals surface area contributed by atoms with Crippen molar-refractivity contribution in [1.82, 2.24) is 9.80 Å². The zero-order chi connectivity index (χ0) is 20.9. The molecule has 0 radical (unpaired) electrons. The van der Waals surface area contributed by atoms with Gasteiger partial charge in [0.2, 0.25) is 0 Å². The number of nitrogens with zero attached hydrogens (tertiary/aromatic N) is 3. The van der Waals surface area contributed by atoms with Gasteiger partial charge in [0, 0.05) is 38.1 Å². The van der Waals surface area contributed by atoms with Crippen LogP contribution in [0.5, 0.6) is 5.75 Å². The summed E-state index contributed by atoms with van der Waals surface area (Å²) >= 11 is 0. The molecule has 0 amide bonds. The molecule has 0 saturated carbocycles. The fourth-order valence-corrected chi connectivity index (χ4v) is 4.54. The van der Waals surface area contributed by atoms with Gasteiger partial charge in [0.05, 0.1) is 31.5 Å². The van der Waals surface area contributed by atoms with E-state index in [4.69, 9.17) is 14.7 Å². The van der Waals surface area contributed by atoms with Crippen LogP contribution >= 0.6 is 0 Å². The molecule has 2 aliphatic heterocycles. The minimum absolute atomic E-state index is 0.323. The number of rotatable bonds is 6. The third kappa shape index (κ3) is 4.84. The number of likely N-dealkylation sites (N-methyl/N-ethyl adjacent to an activating group) is 1. The maximum Gasteiger partial charge on any atom is 0.119 e. The number of nitriles is 1. The van der Waals surface area contributed by atoms with Crippen LogP contribution in [0.3, 0.4) is 0 Å². The first-order valence-electron chi connectivity index (χ1n) is 10.9. The molecule has 0 bridgehead atoms. The van der Waals surface area contributed by atoms with Crippen molar-refractivity contribution in [2.45, 2.75) is 31.8 Å². The average molecular weight is 406 g/mol. The zero-order valence-electron chi connectivity index (χ0n) is 18.0. The summed E-state index contributed by atoms with van der Waals surface area (Å²) in [5.74, 6) is 1.28. The van der Waals surface area contributed by atoms with Gasteiger partial charge in [-0.2, -0.15) is 5.26 Å². The van der Waals surface area contributed by atoms with Crippen molar-refractivity contribution in [3.05, 3.63) is 64.7 Å². The summed E-state index contributed by atoms with van der Waals surface area (Å²) in [7, 11) is 2.16. The van der Waals surface area contributed by atoms with Gasteiger partial charge in [0.1, 0.15) is 5.75 Å². The topological polar surface area (TPSA) is 48.7 Å². The second kappa shape index (κ2) is 9.61. The summed E-state index contributed by atoms with van der Waals surface area (Å²) in [6.45, 7) is 8.62. The number of fused-ring (bicyclic) bond motifs is 1. The Labute approximate surface area is 179 Å². The molecule has 2 aromatic carbocycles. The third-order valence-corrected chi connectivity index (χ3v) is 6.23. The molecule has 2 aromatic rings. The quantitative estimate of drug-likeness (QED) is 0.687. The number of benzene rings is 2. The van der Waals surface area contributed by atoms with Crippen molar-refractivity contribution in [2.75, 3.05) is 46.5 Å². The molecule has 1 fully saturated rings. The van der Waals surface area contributed by atoms with E-state index < -0.39 is 0 Å². The molecular formula is C25H31N3O2. The van der Waals surface area contributed by atoms with E-state index in [2.05, 4.69) is 60.2 Å². The molecule has 0 aliphatic carbocycles. The number of morpholine rings is 1. The van der Waals surface area contributed by atoms with Gasteiger partial charge in [0.15, 0.2) is 0 Å². The van der Waals surface area contributed by atoms with Crippen molar-refractivity contribution >= 4 is 0 Å². The fraction of sp³-hybridized carbons (Fsp3) is 0.480. The highest BCUT2D eigenvalue weighted by Crippen LogP contribution is 2.35. The van der Waals surface area contributed by atoms with E-state index in [1.54, 1.807) is 0 Å². The van der Waals surface area contributed by atoms with Crippen LogP contribution < -0.4 is 4.74 Å². The van der Waals surface area contributed by atoms with Crippen LogP contribution in [-0.4, -0.2) is 62.3 Å². The molecule has 1 saturated heterocycles. The number of hydrogen-bond donors (Lipinski definition) is 0. The second-order valence-electron chi connectivity index (χ2n) is 8.51. The van der Waals surface area contributed by atoms with Crippen molar-refractivity contribution in [3.63, 3.8) is 0 Å². The van der Waals surface area contributed by atoms with Gasteiger partial charge in [-0.05, 0) is 61.3 Å². The van der Waals surface area contributed by atoms with Crippen molar-refractivity contribution in [1.29, 1.82) is 5.26 Å². The van der Waals surface area contributed by atoms with Crippen molar-refractivity contribution in [2.24, 2.45) is 0 Å². The molecule has 30 heavy (non-hydrogen) atoms. The predicted octanol–water partition coefficient (Wildman–Crippen LogP) is 3.63. The van der Waals surface area contributed by atoms with Crippen LogP contribution in [0.1, 0.15) is 41.5 Å². The fourth-order valence-electron chi connectivity index (χ4n) is 4.54. The highest BCUT2D eigenvalue weighted by Gasteiger charge is 2.25. The highest BCUT2D eigenvalue weighted by atomic mass is 16.5. The molecule has 0 spiro atoms. The van der Waals surface area contributed by atoms with Crippen LogP contribution in [0.15, 0.2) is 42.5 Å². The Hall–Kier alpha value is -2.39. The lowest BCUT2D eigenvalue weighted by molar-refractivity contribution is -0.00201. The first kappa shape index (κ1) is 20.9. The first-order chi connectivity index (χ1) is 14.6. The summed E-state index contributed by atoms with van der Waals surface area (Å²) in [6, 6.07) is 17.2. The Morgan fingerprint density at radius 2 is 2.03 bits per heavy atom. The molecule has 5 nitrogen and oxygen atoms in total. The lowest BCUT2D eigenvalue weighted by Crippen LogP contribution is -2.44. The SMILES string of the molecule is C[C@H]1COCCN1CCCOc1ccc2c(c1)CN(C)CC2c1ccc(C#N)cc1. The second-order valence-corrected chi connectivity index (χ2v) is 8.51.